The van der Waals surface area contributed by atoms with Crippen molar-refractivity contribution in [3.05, 3.63) is 0 Å². The van der Waals surface area contributed by atoms with Crippen molar-refractivity contribution in [1.82, 2.24) is 10.2 Å². The second-order valence-corrected chi connectivity index (χ2v) is 6.10. The highest BCUT2D eigenvalue weighted by atomic mass is 15.1. The number of nitrogens with one attached hydrogen (secondary N) is 1. The number of likely N-dealkylation sites (tertiary alicyclic amines) is 1. The van der Waals surface area contributed by atoms with E-state index >= 15 is 0 Å². The molecule has 1 N–H and O–H groups in total. The third kappa shape index (κ3) is 4.59. The van der Waals surface area contributed by atoms with E-state index in [1.54, 1.807) is 0 Å². The summed E-state index contributed by atoms with van der Waals surface area (Å²) in [6.45, 7) is 8.76. The molecule has 2 aliphatic rings. The Morgan fingerprint density at radius 1 is 1.12 bits per heavy atom. The van der Waals surface area contributed by atoms with Crippen molar-refractivity contribution >= 4 is 0 Å². The average molecular weight is 238 g/mol. The number of hydrogen-bond donors (Lipinski definition) is 1. The lowest BCUT2D eigenvalue weighted by Crippen LogP contribution is -2.28. The summed E-state index contributed by atoms with van der Waals surface area (Å²) in [6.07, 6.45) is 10.2. The molecule has 0 spiro atoms. The second-order valence-electron chi connectivity index (χ2n) is 6.10. The topological polar surface area (TPSA) is 15.3 Å². The Labute approximate surface area is 107 Å². The van der Waals surface area contributed by atoms with Crippen LogP contribution in [0.1, 0.15) is 51.9 Å². The van der Waals surface area contributed by atoms with Gasteiger partial charge in [0.2, 0.25) is 0 Å². The van der Waals surface area contributed by atoms with Gasteiger partial charge in [0.05, 0.1) is 0 Å². The van der Waals surface area contributed by atoms with Gasteiger partial charge >= 0.3 is 0 Å². The molecule has 2 fully saturated rings. The molecule has 0 bridgehead atoms. The van der Waals surface area contributed by atoms with E-state index in [4.69, 9.17) is 0 Å². The standard InChI is InChI=1S/C15H30N2/c1-2-9-16-12-15-8-11-17(13-15)10-7-14-5-3-4-6-14/h14-16H,2-13H2,1H3. The summed E-state index contributed by atoms with van der Waals surface area (Å²) in [6, 6.07) is 0. The molecule has 17 heavy (non-hydrogen) atoms. The zero-order valence-electron chi connectivity index (χ0n) is 11.6. The molecule has 1 heterocycles. The van der Waals surface area contributed by atoms with Crippen LogP contribution >= 0.6 is 0 Å². The molecule has 0 radical (unpaired) electrons. The van der Waals surface area contributed by atoms with E-state index in [1.165, 1.54) is 77.7 Å². The van der Waals surface area contributed by atoms with Crippen LogP contribution in [0.5, 0.6) is 0 Å². The van der Waals surface area contributed by atoms with Crippen LogP contribution in [0.4, 0.5) is 0 Å². The van der Waals surface area contributed by atoms with Crippen molar-refractivity contribution in [1.29, 1.82) is 0 Å². The van der Waals surface area contributed by atoms with Crippen LogP contribution in [0, 0.1) is 11.8 Å². The van der Waals surface area contributed by atoms with Gasteiger partial charge in [-0.05, 0) is 57.3 Å². The predicted molar refractivity (Wildman–Crippen MR) is 74.3 cm³/mol. The van der Waals surface area contributed by atoms with E-state index in [9.17, 15) is 0 Å². The number of rotatable bonds is 7. The zero-order chi connectivity index (χ0) is 11.9. The maximum Gasteiger partial charge on any atom is 0.00223 e. The van der Waals surface area contributed by atoms with Crippen LogP contribution in [0.15, 0.2) is 0 Å². The van der Waals surface area contributed by atoms with Crippen LogP contribution in [0.25, 0.3) is 0 Å². The highest BCUT2D eigenvalue weighted by molar-refractivity contribution is 4.78. The SMILES string of the molecule is CCCNCC1CCN(CCC2CCCC2)C1. The summed E-state index contributed by atoms with van der Waals surface area (Å²) in [4.78, 5) is 2.70. The third-order valence-electron chi connectivity index (χ3n) is 4.56. The molecule has 0 aromatic heterocycles. The minimum absolute atomic E-state index is 0.921. The number of hydrogen-bond acceptors (Lipinski definition) is 2. The van der Waals surface area contributed by atoms with Crippen LogP contribution in [0.2, 0.25) is 0 Å². The molecule has 1 unspecified atom stereocenters. The van der Waals surface area contributed by atoms with E-state index in [1.807, 2.05) is 0 Å². The van der Waals surface area contributed by atoms with Crippen LogP contribution in [-0.2, 0) is 0 Å². The second kappa shape index (κ2) is 7.38. The minimum Gasteiger partial charge on any atom is -0.316 e. The van der Waals surface area contributed by atoms with Gasteiger partial charge in [0.1, 0.15) is 0 Å². The molecule has 0 amide bonds. The van der Waals surface area contributed by atoms with Gasteiger partial charge in [0.25, 0.3) is 0 Å². The van der Waals surface area contributed by atoms with Crippen molar-refractivity contribution < 1.29 is 0 Å². The Morgan fingerprint density at radius 3 is 2.71 bits per heavy atom. The fourth-order valence-electron chi connectivity index (χ4n) is 3.43. The van der Waals surface area contributed by atoms with E-state index in [0.29, 0.717) is 0 Å². The maximum absolute atomic E-state index is 3.57. The van der Waals surface area contributed by atoms with Crippen LogP contribution in [-0.4, -0.2) is 37.6 Å². The average Bonchev–Trinajstić information content (AvgIpc) is 2.98. The molecular weight excluding hydrogens is 208 g/mol. The molecule has 0 aromatic carbocycles. The molecule has 2 nitrogen and oxygen atoms in total. The summed E-state index contributed by atoms with van der Waals surface area (Å²) < 4.78 is 0. The highest BCUT2D eigenvalue weighted by Crippen LogP contribution is 2.28. The monoisotopic (exact) mass is 238 g/mol. The largest absolute Gasteiger partial charge is 0.316 e. The molecule has 100 valence electrons. The summed E-state index contributed by atoms with van der Waals surface area (Å²) >= 11 is 0. The molecule has 0 aromatic rings. The molecule has 2 heteroatoms. The van der Waals surface area contributed by atoms with Gasteiger partial charge in [0.15, 0.2) is 0 Å². The maximum atomic E-state index is 3.57. The van der Waals surface area contributed by atoms with E-state index < -0.39 is 0 Å². The Balaban J connectivity index is 1.54. The van der Waals surface area contributed by atoms with Crippen LogP contribution in [0.3, 0.4) is 0 Å². The van der Waals surface area contributed by atoms with Gasteiger partial charge in [-0.2, -0.15) is 0 Å². The lowest BCUT2D eigenvalue weighted by Gasteiger charge is -2.18. The zero-order valence-corrected chi connectivity index (χ0v) is 11.6. The van der Waals surface area contributed by atoms with Crippen molar-refractivity contribution in [2.24, 2.45) is 11.8 Å². The first-order valence-corrected chi connectivity index (χ1v) is 7.81. The molecular formula is C15H30N2. The summed E-state index contributed by atoms with van der Waals surface area (Å²) in [7, 11) is 0. The molecule has 1 atom stereocenters. The quantitative estimate of drug-likeness (QED) is 0.686. The lowest BCUT2D eigenvalue weighted by molar-refractivity contribution is 0.291. The Hall–Kier alpha value is -0.0800. The normalized spacial score (nSPS) is 27.0. The molecule has 1 aliphatic carbocycles. The van der Waals surface area contributed by atoms with Crippen molar-refractivity contribution in [2.45, 2.75) is 51.9 Å². The van der Waals surface area contributed by atoms with Crippen molar-refractivity contribution in [3.63, 3.8) is 0 Å². The van der Waals surface area contributed by atoms with Crippen LogP contribution < -0.4 is 5.32 Å². The van der Waals surface area contributed by atoms with Gasteiger partial charge in [-0.3, -0.25) is 0 Å². The molecule has 1 aliphatic heterocycles. The third-order valence-corrected chi connectivity index (χ3v) is 4.56. The first kappa shape index (κ1) is 13.4. The Bertz CT molecular complexity index is 199. The smallest absolute Gasteiger partial charge is 0.00223 e. The van der Waals surface area contributed by atoms with E-state index in [0.717, 1.165) is 11.8 Å². The predicted octanol–water partition coefficient (Wildman–Crippen LogP) is 2.89. The molecule has 1 saturated heterocycles. The summed E-state index contributed by atoms with van der Waals surface area (Å²) in [5.74, 6) is 1.98. The first-order valence-electron chi connectivity index (χ1n) is 7.81. The molecule has 2 rings (SSSR count). The fourth-order valence-corrected chi connectivity index (χ4v) is 3.43. The fraction of sp³-hybridized carbons (Fsp3) is 1.00. The van der Waals surface area contributed by atoms with Gasteiger partial charge in [0, 0.05) is 6.54 Å². The summed E-state index contributed by atoms with van der Waals surface area (Å²) in [5, 5.41) is 3.57. The number of nitrogens with zero attached hydrogens (tertiary/aromatic N) is 1. The Morgan fingerprint density at radius 2 is 1.94 bits per heavy atom. The van der Waals surface area contributed by atoms with Gasteiger partial charge < -0.3 is 10.2 Å². The molecule has 1 saturated carbocycles. The van der Waals surface area contributed by atoms with Gasteiger partial charge in [-0.25, -0.2) is 0 Å². The lowest BCUT2D eigenvalue weighted by atomic mass is 10.0. The van der Waals surface area contributed by atoms with E-state index in [-0.39, 0.29) is 0 Å². The van der Waals surface area contributed by atoms with Crippen molar-refractivity contribution in [2.75, 3.05) is 32.7 Å². The highest BCUT2D eigenvalue weighted by Gasteiger charge is 2.23. The first-order chi connectivity index (χ1) is 8.38. The Kier molecular flexibility index (Phi) is 5.79. The minimum atomic E-state index is 0.921. The van der Waals surface area contributed by atoms with Crippen molar-refractivity contribution in [3.8, 4) is 0 Å². The summed E-state index contributed by atoms with van der Waals surface area (Å²) in [5.41, 5.74) is 0. The van der Waals surface area contributed by atoms with Gasteiger partial charge in [-0.1, -0.05) is 32.6 Å². The van der Waals surface area contributed by atoms with Gasteiger partial charge in [-0.15, -0.1) is 0 Å². The van der Waals surface area contributed by atoms with E-state index in [2.05, 4.69) is 17.1 Å².